The number of ether oxygens (including phenoxy) is 2. The summed E-state index contributed by atoms with van der Waals surface area (Å²) in [5.41, 5.74) is 0.944. The summed E-state index contributed by atoms with van der Waals surface area (Å²) < 4.78 is 10.9. The molecule has 0 bridgehead atoms. The fourth-order valence-electron chi connectivity index (χ4n) is 12.7. The van der Waals surface area contributed by atoms with Crippen molar-refractivity contribution in [3.63, 3.8) is 0 Å². The first-order valence-corrected chi connectivity index (χ1v) is 17.6. The number of rotatable bonds is 8. The first-order valence-electron chi connectivity index (χ1n) is 17.6. The van der Waals surface area contributed by atoms with Gasteiger partial charge >= 0.3 is 0 Å². The third-order valence-corrected chi connectivity index (χ3v) is 15.2. The van der Waals surface area contributed by atoms with Gasteiger partial charge in [-0.25, -0.2) is 0 Å². The molecule has 16 atom stereocenters. The zero-order valence-electron chi connectivity index (χ0n) is 28.2. The second-order valence-corrected chi connectivity index (χ2v) is 17.4. The van der Waals surface area contributed by atoms with Gasteiger partial charge in [-0.15, -0.1) is 0 Å². The van der Waals surface area contributed by atoms with E-state index in [1.807, 2.05) is 6.92 Å². The number of allylic oxidation sites excluding steroid dienone is 1. The minimum absolute atomic E-state index is 0.0144. The Morgan fingerprint density at radius 2 is 1.58 bits per heavy atom. The van der Waals surface area contributed by atoms with Crippen molar-refractivity contribution in [2.75, 3.05) is 13.2 Å². The van der Waals surface area contributed by atoms with E-state index in [2.05, 4.69) is 40.7 Å². The lowest BCUT2D eigenvalue weighted by Crippen LogP contribution is -2.61. The van der Waals surface area contributed by atoms with Gasteiger partial charge in [-0.3, -0.25) is 0 Å². The average Bonchev–Trinajstić information content (AvgIpc) is 3.61. The van der Waals surface area contributed by atoms with Crippen LogP contribution in [0.4, 0.5) is 0 Å². The normalized spacial score (nSPS) is 54.4. The maximum absolute atomic E-state index is 11.7. The van der Waals surface area contributed by atoms with Crippen LogP contribution in [0, 0.1) is 50.7 Å². The van der Waals surface area contributed by atoms with E-state index in [0.29, 0.717) is 30.8 Å². The second kappa shape index (κ2) is 11.5. The summed E-state index contributed by atoms with van der Waals surface area (Å²) in [6, 6.07) is 0. The van der Waals surface area contributed by atoms with Gasteiger partial charge in [0, 0.05) is 11.8 Å². The van der Waals surface area contributed by atoms with Crippen LogP contribution in [0.15, 0.2) is 11.6 Å². The molecule has 0 aromatic carbocycles. The predicted molar refractivity (Wildman–Crippen MR) is 168 cm³/mol. The van der Waals surface area contributed by atoms with Gasteiger partial charge in [-0.05, 0) is 104 Å². The molecule has 2 spiro atoms. The molecule has 9 heteroatoms. The molecule has 1 saturated heterocycles. The zero-order valence-corrected chi connectivity index (χ0v) is 28.2. The summed E-state index contributed by atoms with van der Waals surface area (Å²) in [7, 11) is 0. The van der Waals surface area contributed by atoms with E-state index >= 15 is 0 Å². The van der Waals surface area contributed by atoms with E-state index in [1.165, 1.54) is 0 Å². The van der Waals surface area contributed by atoms with Crippen molar-refractivity contribution < 1.29 is 45.2 Å². The van der Waals surface area contributed by atoms with Gasteiger partial charge in [-0.1, -0.05) is 46.3 Å². The summed E-state index contributed by atoms with van der Waals surface area (Å²) in [6.45, 7) is 13.9. The van der Waals surface area contributed by atoms with Crippen LogP contribution in [0.5, 0.6) is 0 Å². The van der Waals surface area contributed by atoms with Crippen molar-refractivity contribution in [1.29, 1.82) is 0 Å². The molecular formula is C36H60O9. The molecule has 0 amide bonds. The van der Waals surface area contributed by atoms with Crippen molar-refractivity contribution in [1.82, 2.24) is 0 Å². The van der Waals surface area contributed by atoms with Gasteiger partial charge in [0.2, 0.25) is 0 Å². The summed E-state index contributed by atoms with van der Waals surface area (Å²) in [5, 5.41) is 73.6. The van der Waals surface area contributed by atoms with Gasteiger partial charge in [0.1, 0.15) is 24.4 Å². The topological polar surface area (TPSA) is 160 Å². The summed E-state index contributed by atoms with van der Waals surface area (Å²) >= 11 is 0. The number of hydrogen-bond donors (Lipinski definition) is 7. The number of aliphatic hydroxyl groups is 7. The third kappa shape index (κ3) is 4.80. The molecule has 1 aliphatic heterocycles. The highest BCUT2D eigenvalue weighted by atomic mass is 16.6. The van der Waals surface area contributed by atoms with Crippen molar-refractivity contribution in [3.8, 4) is 0 Å². The fraction of sp³-hybridized carbons (Fsp3) is 0.944. The quantitative estimate of drug-likeness (QED) is 0.199. The highest BCUT2D eigenvalue weighted by Gasteiger charge is 2.85. The monoisotopic (exact) mass is 636 g/mol. The molecule has 5 aliphatic carbocycles. The maximum atomic E-state index is 11.7. The lowest BCUT2D eigenvalue weighted by Gasteiger charge is -2.63. The molecule has 0 unspecified atom stereocenters. The van der Waals surface area contributed by atoms with Gasteiger partial charge in [-0.2, -0.15) is 0 Å². The predicted octanol–water partition coefficient (Wildman–Crippen LogP) is 2.91. The Bertz CT molecular complexity index is 1140. The second-order valence-electron chi connectivity index (χ2n) is 17.4. The molecule has 6 fully saturated rings. The molecule has 258 valence electrons. The lowest BCUT2D eigenvalue weighted by molar-refractivity contribution is -0.288. The van der Waals surface area contributed by atoms with Crippen LogP contribution in [0.3, 0.4) is 0 Å². The highest BCUT2D eigenvalue weighted by molar-refractivity contribution is 5.33. The van der Waals surface area contributed by atoms with Crippen LogP contribution >= 0.6 is 0 Å². The van der Waals surface area contributed by atoms with Crippen LogP contribution in [-0.4, -0.2) is 98.0 Å². The average molecular weight is 637 g/mol. The minimum Gasteiger partial charge on any atom is -0.393 e. The first kappa shape index (κ1) is 34.3. The van der Waals surface area contributed by atoms with Gasteiger partial charge < -0.3 is 45.2 Å². The molecule has 45 heavy (non-hydrogen) atoms. The maximum Gasteiger partial charge on any atom is 0.184 e. The van der Waals surface area contributed by atoms with Crippen LogP contribution in [0.1, 0.15) is 99.3 Å². The lowest BCUT2D eigenvalue weighted by atomic mass is 9.41. The van der Waals surface area contributed by atoms with Crippen molar-refractivity contribution >= 4 is 0 Å². The van der Waals surface area contributed by atoms with Crippen LogP contribution in [0.25, 0.3) is 0 Å². The molecular weight excluding hydrogens is 576 g/mol. The molecule has 0 aromatic rings. The van der Waals surface area contributed by atoms with E-state index in [4.69, 9.17) is 9.47 Å². The number of aliphatic hydroxyl groups excluding tert-OH is 7. The van der Waals surface area contributed by atoms with E-state index in [-0.39, 0.29) is 45.7 Å². The van der Waals surface area contributed by atoms with E-state index in [9.17, 15) is 35.7 Å². The molecule has 5 saturated carbocycles. The van der Waals surface area contributed by atoms with Crippen LogP contribution in [-0.2, 0) is 9.47 Å². The smallest absolute Gasteiger partial charge is 0.184 e. The summed E-state index contributed by atoms with van der Waals surface area (Å²) in [4.78, 5) is 0. The largest absolute Gasteiger partial charge is 0.393 e. The Labute approximate surface area is 269 Å². The van der Waals surface area contributed by atoms with Crippen LogP contribution in [0.2, 0.25) is 0 Å². The molecule has 0 aromatic heterocycles. The number of fused-ring (bicyclic) bond motifs is 2. The Morgan fingerprint density at radius 1 is 0.889 bits per heavy atom. The Morgan fingerprint density at radius 3 is 2.29 bits per heavy atom. The van der Waals surface area contributed by atoms with E-state index in [1.54, 1.807) is 0 Å². The van der Waals surface area contributed by atoms with Crippen molar-refractivity contribution in [2.24, 2.45) is 50.7 Å². The van der Waals surface area contributed by atoms with Gasteiger partial charge in [0.15, 0.2) is 6.29 Å². The standard InChI is InChI=1S/C36H60O9/c1-19(16-44-17-22-28(40)29(41)30(42)31(43)45-22)8-7-9-20(2)27-21(37)15-34(6)24-11-10-23-32(3,4)25(38)14-26(39)36(23)18-35(24,36)13-12-33(27,34)5/h8,20-31,37-43H,7,9-18H2,1-6H3/b19-8+/t20-,21+,22-,23+,24+,25+,26+,27+,28-,29+,30-,31-,33-,34+,35+,36-/m1/s1. The molecule has 7 N–H and O–H groups in total. The van der Waals surface area contributed by atoms with E-state index in [0.717, 1.165) is 56.9 Å². The molecule has 1 heterocycles. The van der Waals surface area contributed by atoms with Gasteiger partial charge in [0.05, 0.1) is 31.5 Å². The fourth-order valence-corrected chi connectivity index (χ4v) is 12.7. The minimum atomic E-state index is -1.57. The summed E-state index contributed by atoms with van der Waals surface area (Å²) in [5.74, 6) is 1.39. The highest BCUT2D eigenvalue weighted by Crippen LogP contribution is 2.89. The zero-order chi connectivity index (χ0) is 32.9. The Kier molecular flexibility index (Phi) is 8.74. The number of hydrogen-bond acceptors (Lipinski definition) is 9. The molecule has 6 rings (SSSR count). The van der Waals surface area contributed by atoms with Crippen LogP contribution < -0.4 is 0 Å². The van der Waals surface area contributed by atoms with Gasteiger partial charge in [0.25, 0.3) is 0 Å². The summed E-state index contributed by atoms with van der Waals surface area (Å²) in [6.07, 6.45) is 2.61. The Balaban J connectivity index is 1.08. The van der Waals surface area contributed by atoms with Crippen molar-refractivity contribution in [2.45, 2.75) is 148 Å². The molecule has 0 radical (unpaired) electrons. The van der Waals surface area contributed by atoms with E-state index < -0.39 is 42.9 Å². The SMILES string of the molecule is C/C(=C\CC[C@@H](C)[C@H]1[C@@H](O)C[C@@]2(C)[C@@H]3CC[C@H]4C(C)(C)[C@@H](O)C[C@H](O)[C@@]45C[C@@]35CC[C@]12C)COC[C@H]1O[C@@H](O)[C@H](O)[C@@H](O)[C@@H]1O. The molecule has 6 aliphatic rings. The Hall–Kier alpha value is -0.620. The third-order valence-electron chi connectivity index (χ3n) is 15.2. The van der Waals surface area contributed by atoms with Crippen molar-refractivity contribution in [3.05, 3.63) is 11.6 Å². The molecule has 9 nitrogen and oxygen atoms in total. The first-order chi connectivity index (χ1) is 21.0.